The molecule has 0 unspecified atom stereocenters. The van der Waals surface area contributed by atoms with E-state index in [0.29, 0.717) is 11.6 Å². The van der Waals surface area contributed by atoms with Gasteiger partial charge in [-0.3, -0.25) is 9.69 Å². The minimum Gasteiger partial charge on any atom is -0.497 e. The summed E-state index contributed by atoms with van der Waals surface area (Å²) in [5.74, 6) is 0.697. The van der Waals surface area contributed by atoms with E-state index in [-0.39, 0.29) is 5.91 Å². The second-order valence-electron chi connectivity index (χ2n) is 5.01. The Morgan fingerprint density at radius 3 is 3.00 bits per heavy atom. The molecule has 0 radical (unpaired) electrons. The van der Waals surface area contributed by atoms with Gasteiger partial charge in [0.2, 0.25) is 0 Å². The third-order valence-electron chi connectivity index (χ3n) is 3.77. The molecule has 1 aliphatic rings. The number of benzene rings is 1. The monoisotopic (exact) mass is 388 g/mol. The number of ether oxygens (including phenoxy) is 1. The summed E-state index contributed by atoms with van der Waals surface area (Å²) >= 11 is 2.20. The van der Waals surface area contributed by atoms with Crippen molar-refractivity contribution in [3.63, 3.8) is 0 Å². The smallest absolute Gasteiger partial charge is 0.251 e. The van der Waals surface area contributed by atoms with Crippen molar-refractivity contribution in [1.29, 1.82) is 0 Å². The number of rotatable bonds is 5. The normalized spacial score (nSPS) is 19.1. The van der Waals surface area contributed by atoms with E-state index in [9.17, 15) is 4.79 Å². The number of likely N-dealkylation sites (N-methyl/N-ethyl adjacent to an activating group) is 1. The number of hydrogen-bond donors (Lipinski definition) is 1. The fourth-order valence-electron chi connectivity index (χ4n) is 2.67. The fourth-order valence-corrected chi connectivity index (χ4v) is 3.31. The van der Waals surface area contributed by atoms with Crippen LogP contribution in [0.1, 0.15) is 30.1 Å². The molecule has 2 rings (SSSR count). The third kappa shape index (κ3) is 3.85. The number of carbonyl (C=O) groups excluding carboxylic acids is 1. The molecule has 4 nitrogen and oxygen atoms in total. The van der Waals surface area contributed by atoms with E-state index < -0.39 is 0 Å². The van der Waals surface area contributed by atoms with Crippen LogP contribution in [0.5, 0.6) is 5.75 Å². The minimum absolute atomic E-state index is 0.0234. The summed E-state index contributed by atoms with van der Waals surface area (Å²) in [5, 5.41) is 3.04. The standard InChI is InChI=1S/C15H21IN2O2/c1-3-18-6-4-5-13(18)10-17-15(19)11-7-12(16)9-14(8-11)20-2/h7-9,13H,3-6,10H2,1-2H3,(H,17,19)/t13-/m0/s1. The molecule has 1 fully saturated rings. The number of amides is 1. The van der Waals surface area contributed by atoms with E-state index >= 15 is 0 Å². The van der Waals surface area contributed by atoms with E-state index in [1.54, 1.807) is 13.2 Å². The quantitative estimate of drug-likeness (QED) is 0.789. The zero-order valence-corrected chi connectivity index (χ0v) is 14.1. The van der Waals surface area contributed by atoms with Crippen LogP contribution >= 0.6 is 22.6 Å². The summed E-state index contributed by atoms with van der Waals surface area (Å²) in [5.41, 5.74) is 0.662. The van der Waals surface area contributed by atoms with Crippen molar-refractivity contribution < 1.29 is 9.53 Å². The molecule has 1 aromatic carbocycles. The molecule has 1 heterocycles. The zero-order chi connectivity index (χ0) is 14.5. The molecular weight excluding hydrogens is 367 g/mol. The minimum atomic E-state index is -0.0234. The van der Waals surface area contributed by atoms with Crippen molar-refractivity contribution >= 4 is 28.5 Å². The van der Waals surface area contributed by atoms with Crippen LogP contribution in [0.15, 0.2) is 18.2 Å². The lowest BCUT2D eigenvalue weighted by Crippen LogP contribution is -2.40. The van der Waals surface area contributed by atoms with Gasteiger partial charge in [0.1, 0.15) is 5.75 Å². The van der Waals surface area contributed by atoms with Gasteiger partial charge in [0.15, 0.2) is 0 Å². The number of likely N-dealkylation sites (tertiary alicyclic amines) is 1. The van der Waals surface area contributed by atoms with Crippen molar-refractivity contribution in [2.24, 2.45) is 0 Å². The van der Waals surface area contributed by atoms with Gasteiger partial charge in [0, 0.05) is 21.7 Å². The molecule has 0 spiro atoms. The van der Waals surface area contributed by atoms with Gasteiger partial charge in [0.05, 0.1) is 7.11 Å². The summed E-state index contributed by atoms with van der Waals surface area (Å²) in [7, 11) is 1.62. The van der Waals surface area contributed by atoms with E-state index in [2.05, 4.69) is 39.7 Å². The summed E-state index contributed by atoms with van der Waals surface area (Å²) in [4.78, 5) is 14.7. The summed E-state index contributed by atoms with van der Waals surface area (Å²) in [6, 6.07) is 6.05. The molecule has 0 aromatic heterocycles. The highest BCUT2D eigenvalue weighted by Gasteiger charge is 2.23. The lowest BCUT2D eigenvalue weighted by molar-refractivity contribution is 0.0941. The summed E-state index contributed by atoms with van der Waals surface area (Å²) < 4.78 is 6.21. The van der Waals surface area contributed by atoms with Crippen molar-refractivity contribution in [2.75, 3.05) is 26.7 Å². The lowest BCUT2D eigenvalue weighted by Gasteiger charge is -2.22. The zero-order valence-electron chi connectivity index (χ0n) is 12.0. The highest BCUT2D eigenvalue weighted by atomic mass is 127. The van der Waals surface area contributed by atoms with Gasteiger partial charge < -0.3 is 10.1 Å². The summed E-state index contributed by atoms with van der Waals surface area (Å²) in [6.45, 7) is 5.09. The summed E-state index contributed by atoms with van der Waals surface area (Å²) in [6.07, 6.45) is 2.40. The van der Waals surface area contributed by atoms with E-state index in [1.807, 2.05) is 12.1 Å². The number of carbonyl (C=O) groups is 1. The van der Waals surface area contributed by atoms with Crippen LogP contribution in [-0.4, -0.2) is 43.6 Å². The van der Waals surface area contributed by atoms with Crippen LogP contribution in [0.25, 0.3) is 0 Å². The van der Waals surface area contributed by atoms with Gasteiger partial charge in [-0.05, 0) is 66.7 Å². The maximum atomic E-state index is 12.2. The third-order valence-corrected chi connectivity index (χ3v) is 4.40. The van der Waals surface area contributed by atoms with Gasteiger partial charge in [-0.1, -0.05) is 6.92 Å². The number of nitrogens with zero attached hydrogens (tertiary/aromatic N) is 1. The number of nitrogens with one attached hydrogen (secondary N) is 1. The number of hydrogen-bond acceptors (Lipinski definition) is 3. The Labute approximate surface area is 134 Å². The van der Waals surface area contributed by atoms with Crippen LogP contribution in [-0.2, 0) is 0 Å². The second kappa shape index (κ2) is 7.26. The molecule has 0 saturated carbocycles. The van der Waals surface area contributed by atoms with E-state index in [0.717, 1.165) is 29.0 Å². The van der Waals surface area contributed by atoms with Gasteiger partial charge in [-0.15, -0.1) is 0 Å². The van der Waals surface area contributed by atoms with Gasteiger partial charge in [-0.25, -0.2) is 0 Å². The first-order valence-corrected chi connectivity index (χ1v) is 8.08. The Morgan fingerprint density at radius 2 is 2.30 bits per heavy atom. The Morgan fingerprint density at radius 1 is 1.50 bits per heavy atom. The van der Waals surface area contributed by atoms with Crippen molar-refractivity contribution in [3.05, 3.63) is 27.3 Å². The number of halogens is 1. The predicted molar refractivity (Wildman–Crippen MR) is 88.3 cm³/mol. The van der Waals surface area contributed by atoms with Gasteiger partial charge in [-0.2, -0.15) is 0 Å². The average Bonchev–Trinajstić information content (AvgIpc) is 2.91. The highest BCUT2D eigenvalue weighted by molar-refractivity contribution is 14.1. The second-order valence-corrected chi connectivity index (χ2v) is 6.26. The van der Waals surface area contributed by atoms with Crippen LogP contribution in [0, 0.1) is 3.57 Å². The molecule has 1 N–H and O–H groups in total. The first-order valence-electron chi connectivity index (χ1n) is 7.01. The SMILES string of the molecule is CCN1CCC[C@H]1CNC(=O)c1cc(I)cc(OC)c1. The van der Waals surface area contributed by atoms with Gasteiger partial charge in [0.25, 0.3) is 5.91 Å². The topological polar surface area (TPSA) is 41.6 Å². The first-order chi connectivity index (χ1) is 9.63. The van der Waals surface area contributed by atoms with Crippen molar-refractivity contribution in [2.45, 2.75) is 25.8 Å². The van der Waals surface area contributed by atoms with Gasteiger partial charge >= 0.3 is 0 Å². The molecule has 0 bridgehead atoms. The molecule has 5 heteroatoms. The Balaban J connectivity index is 1.96. The van der Waals surface area contributed by atoms with Crippen LogP contribution in [0.4, 0.5) is 0 Å². The highest BCUT2D eigenvalue weighted by Crippen LogP contribution is 2.19. The molecule has 1 amide bonds. The predicted octanol–water partition coefficient (Wildman–Crippen LogP) is 2.51. The van der Waals surface area contributed by atoms with E-state index in [4.69, 9.17) is 4.74 Å². The van der Waals surface area contributed by atoms with Crippen LogP contribution in [0.3, 0.4) is 0 Å². The Bertz CT molecular complexity index is 479. The molecule has 1 aliphatic heterocycles. The molecule has 0 aliphatic carbocycles. The van der Waals surface area contributed by atoms with Crippen molar-refractivity contribution in [1.82, 2.24) is 10.2 Å². The largest absolute Gasteiger partial charge is 0.497 e. The van der Waals surface area contributed by atoms with Crippen LogP contribution in [0.2, 0.25) is 0 Å². The Hall–Kier alpha value is -0.820. The van der Waals surface area contributed by atoms with E-state index in [1.165, 1.54) is 12.8 Å². The Kier molecular flexibility index (Phi) is 5.65. The molecule has 1 aromatic rings. The molecule has 20 heavy (non-hydrogen) atoms. The lowest BCUT2D eigenvalue weighted by atomic mass is 10.2. The van der Waals surface area contributed by atoms with Crippen molar-refractivity contribution in [3.8, 4) is 5.75 Å². The van der Waals surface area contributed by atoms with Crippen LogP contribution < -0.4 is 10.1 Å². The fraction of sp³-hybridized carbons (Fsp3) is 0.533. The average molecular weight is 388 g/mol. The molecule has 110 valence electrons. The molecular formula is C15H21IN2O2. The molecule has 1 saturated heterocycles. The maximum absolute atomic E-state index is 12.2. The molecule has 1 atom stereocenters. The maximum Gasteiger partial charge on any atom is 0.251 e. The number of methoxy groups -OCH3 is 1. The first kappa shape index (κ1) is 15.6.